The molecular formula is C29H39N5O4. The highest BCUT2D eigenvalue weighted by Crippen LogP contribution is 2.17. The van der Waals surface area contributed by atoms with Crippen molar-refractivity contribution in [2.24, 2.45) is 5.73 Å². The smallest absolute Gasteiger partial charge is 0.267 e. The molecule has 1 fully saturated rings. The van der Waals surface area contributed by atoms with Crippen molar-refractivity contribution in [2.45, 2.75) is 64.5 Å². The third-order valence-corrected chi connectivity index (χ3v) is 6.29. The predicted octanol–water partition coefficient (Wildman–Crippen LogP) is 2.93. The van der Waals surface area contributed by atoms with Crippen LogP contribution in [0.5, 0.6) is 0 Å². The van der Waals surface area contributed by atoms with Gasteiger partial charge in [0.25, 0.3) is 11.8 Å². The first-order valence-electron chi connectivity index (χ1n) is 12.7. The summed E-state index contributed by atoms with van der Waals surface area (Å²) in [7, 11) is 0. The van der Waals surface area contributed by atoms with E-state index in [-0.39, 0.29) is 19.9 Å². The molecule has 0 aromatic heterocycles. The number of rotatable bonds is 8. The molecule has 0 saturated heterocycles. The molecule has 0 unspecified atom stereocenters. The molecule has 9 nitrogen and oxygen atoms in total. The van der Waals surface area contributed by atoms with Gasteiger partial charge in [-0.1, -0.05) is 51.4 Å². The lowest BCUT2D eigenvalue weighted by Crippen LogP contribution is -2.50. The van der Waals surface area contributed by atoms with Gasteiger partial charge in [0.05, 0.1) is 6.54 Å². The Labute approximate surface area is 224 Å². The molecule has 2 aromatic rings. The summed E-state index contributed by atoms with van der Waals surface area (Å²) in [6.07, 6.45) is 8.60. The van der Waals surface area contributed by atoms with Crippen LogP contribution in [0.4, 0.5) is 5.69 Å². The Kier molecular flexibility index (Phi) is 13.0. The minimum absolute atomic E-state index is 0. The number of hydrogen-bond acceptors (Lipinski definition) is 6. The fourth-order valence-electron chi connectivity index (χ4n) is 4.14. The van der Waals surface area contributed by atoms with Gasteiger partial charge in [-0.25, -0.2) is 5.48 Å². The Bertz CT molecular complexity index is 1100. The van der Waals surface area contributed by atoms with Crippen LogP contribution in [0.15, 0.2) is 48.5 Å². The van der Waals surface area contributed by atoms with Crippen molar-refractivity contribution in [1.82, 2.24) is 16.1 Å². The molecule has 0 bridgehead atoms. The molecule has 1 atom stereocenters. The Balaban J connectivity index is 0.00000507. The molecule has 1 aliphatic rings. The van der Waals surface area contributed by atoms with E-state index >= 15 is 0 Å². The average molecular weight is 522 g/mol. The number of benzene rings is 2. The van der Waals surface area contributed by atoms with Gasteiger partial charge in [-0.15, -0.1) is 0 Å². The van der Waals surface area contributed by atoms with Crippen molar-refractivity contribution in [3.63, 3.8) is 0 Å². The van der Waals surface area contributed by atoms with Crippen molar-refractivity contribution in [3.8, 4) is 11.8 Å². The van der Waals surface area contributed by atoms with E-state index in [1.165, 1.54) is 37.6 Å². The quantitative estimate of drug-likeness (QED) is 0.179. The summed E-state index contributed by atoms with van der Waals surface area (Å²) >= 11 is 0. The molecule has 3 rings (SSSR count). The van der Waals surface area contributed by atoms with E-state index in [4.69, 9.17) is 10.9 Å². The van der Waals surface area contributed by atoms with Gasteiger partial charge >= 0.3 is 0 Å². The summed E-state index contributed by atoms with van der Waals surface area (Å²) in [4.78, 5) is 36.1. The Hall–Kier alpha value is -3.71. The largest absolute Gasteiger partial charge is 0.339 e. The van der Waals surface area contributed by atoms with E-state index in [0.29, 0.717) is 23.7 Å². The molecule has 0 spiro atoms. The van der Waals surface area contributed by atoms with Gasteiger partial charge < -0.3 is 21.7 Å². The van der Waals surface area contributed by atoms with Gasteiger partial charge in [-0.3, -0.25) is 19.6 Å². The van der Waals surface area contributed by atoms with E-state index in [2.05, 4.69) is 27.8 Å². The fourth-order valence-corrected chi connectivity index (χ4v) is 4.14. The summed E-state index contributed by atoms with van der Waals surface area (Å²) in [5, 5.41) is 17.5. The number of carbonyl (C=O) groups is 3. The first kappa shape index (κ1) is 30.5. The zero-order valence-corrected chi connectivity index (χ0v) is 20.9. The molecule has 1 saturated carbocycles. The summed E-state index contributed by atoms with van der Waals surface area (Å²) in [5.74, 6) is 4.77. The summed E-state index contributed by atoms with van der Waals surface area (Å²) in [6.45, 7) is 0.156. The minimum atomic E-state index is -1.04. The fraction of sp³-hybridized carbons (Fsp3) is 0.414. The second-order valence-electron chi connectivity index (χ2n) is 9.11. The van der Waals surface area contributed by atoms with Crippen molar-refractivity contribution < 1.29 is 19.6 Å². The molecule has 204 valence electrons. The molecule has 9 heteroatoms. The normalized spacial score (nSPS) is 14.4. The van der Waals surface area contributed by atoms with Crippen LogP contribution >= 0.6 is 0 Å². The molecule has 0 heterocycles. The van der Waals surface area contributed by atoms with E-state index in [1.54, 1.807) is 24.3 Å². The van der Waals surface area contributed by atoms with Crippen molar-refractivity contribution in [3.05, 3.63) is 65.2 Å². The van der Waals surface area contributed by atoms with E-state index in [9.17, 15) is 14.4 Å². The highest BCUT2D eigenvalue weighted by atomic mass is 16.5. The van der Waals surface area contributed by atoms with Crippen LogP contribution in [0.25, 0.3) is 0 Å². The first-order chi connectivity index (χ1) is 18.0. The molecule has 0 aliphatic heterocycles. The first-order valence-corrected chi connectivity index (χ1v) is 12.7. The molecule has 1 aliphatic carbocycles. The van der Waals surface area contributed by atoms with E-state index in [1.807, 2.05) is 24.3 Å². The molecule has 2 aromatic carbocycles. The van der Waals surface area contributed by atoms with Crippen LogP contribution in [-0.4, -0.2) is 48.1 Å². The van der Waals surface area contributed by atoms with Gasteiger partial charge in [-0.05, 0) is 61.4 Å². The zero-order chi connectivity index (χ0) is 26.5. The van der Waals surface area contributed by atoms with Gasteiger partial charge in [0.1, 0.15) is 6.04 Å². The lowest BCUT2D eigenvalue weighted by Gasteiger charge is -2.20. The SMILES string of the molecule is C.NC[C@H](NC(=O)c1ccc(C#Cc2ccc(NC(=O)CNC3CCCCCCC3)cc2)cc1)C(=O)NO. The van der Waals surface area contributed by atoms with Crippen LogP contribution in [-0.2, 0) is 9.59 Å². The van der Waals surface area contributed by atoms with Gasteiger partial charge in [0.2, 0.25) is 5.91 Å². The number of nitrogens with two attached hydrogens (primary N) is 1. The van der Waals surface area contributed by atoms with Crippen LogP contribution in [0.2, 0.25) is 0 Å². The van der Waals surface area contributed by atoms with Gasteiger partial charge in [0.15, 0.2) is 0 Å². The lowest BCUT2D eigenvalue weighted by atomic mass is 9.97. The second-order valence-corrected chi connectivity index (χ2v) is 9.11. The van der Waals surface area contributed by atoms with Crippen LogP contribution in [0.1, 0.15) is 73.9 Å². The Morgan fingerprint density at radius 3 is 2.00 bits per heavy atom. The average Bonchev–Trinajstić information content (AvgIpc) is 2.90. The highest BCUT2D eigenvalue weighted by molar-refractivity contribution is 5.97. The van der Waals surface area contributed by atoms with Crippen LogP contribution < -0.4 is 27.2 Å². The van der Waals surface area contributed by atoms with Crippen molar-refractivity contribution >= 4 is 23.4 Å². The third kappa shape index (κ3) is 9.98. The standard InChI is InChI=1S/C28H35N5O4.CH4/c29-18-25(28(36)33-37)32-27(35)22-14-10-20(11-15-22)8-9-21-12-16-24(17-13-21)31-26(34)19-30-23-6-4-2-1-3-5-7-23;/h10-17,23,25,30,37H,1-7,18-19,29H2,(H,31,34)(H,32,35)(H,33,36);1H4/t25-;/m0./s1. The second kappa shape index (κ2) is 16.2. The van der Waals surface area contributed by atoms with Crippen LogP contribution in [0, 0.1) is 11.8 Å². The zero-order valence-electron chi connectivity index (χ0n) is 20.9. The van der Waals surface area contributed by atoms with Gasteiger partial charge in [-0.2, -0.15) is 0 Å². The van der Waals surface area contributed by atoms with Crippen molar-refractivity contribution in [1.29, 1.82) is 0 Å². The Morgan fingerprint density at radius 2 is 1.45 bits per heavy atom. The maximum atomic E-state index is 12.3. The number of anilines is 1. The highest BCUT2D eigenvalue weighted by Gasteiger charge is 2.19. The molecule has 3 amide bonds. The number of hydroxylamine groups is 1. The number of nitrogens with one attached hydrogen (secondary N) is 4. The summed E-state index contributed by atoms with van der Waals surface area (Å²) < 4.78 is 0. The third-order valence-electron chi connectivity index (χ3n) is 6.29. The van der Waals surface area contributed by atoms with Crippen LogP contribution in [0.3, 0.4) is 0 Å². The van der Waals surface area contributed by atoms with Crippen molar-refractivity contribution in [2.75, 3.05) is 18.4 Å². The molecule has 38 heavy (non-hydrogen) atoms. The Morgan fingerprint density at radius 1 is 0.895 bits per heavy atom. The lowest BCUT2D eigenvalue weighted by molar-refractivity contribution is -0.130. The molecule has 7 N–H and O–H groups in total. The monoisotopic (exact) mass is 521 g/mol. The number of hydrogen-bond donors (Lipinski definition) is 6. The van der Waals surface area contributed by atoms with E-state index < -0.39 is 17.9 Å². The predicted molar refractivity (Wildman–Crippen MR) is 149 cm³/mol. The minimum Gasteiger partial charge on any atom is -0.339 e. The molecular weight excluding hydrogens is 482 g/mol. The maximum absolute atomic E-state index is 12.3. The van der Waals surface area contributed by atoms with Gasteiger partial charge in [0, 0.05) is 35.0 Å². The number of amides is 3. The summed E-state index contributed by atoms with van der Waals surface area (Å²) in [5.41, 5.74) is 9.47. The number of carbonyl (C=O) groups excluding carboxylic acids is 3. The van der Waals surface area contributed by atoms with E-state index in [0.717, 1.165) is 24.1 Å². The molecule has 0 radical (unpaired) electrons. The summed E-state index contributed by atoms with van der Waals surface area (Å²) in [6, 6.07) is 13.3. The topological polar surface area (TPSA) is 146 Å². The maximum Gasteiger partial charge on any atom is 0.267 e.